The lowest BCUT2D eigenvalue weighted by molar-refractivity contribution is -0.113. The van der Waals surface area contributed by atoms with E-state index in [2.05, 4.69) is 15.5 Å². The number of nitrogens with zero attached hydrogens (tertiary/aromatic N) is 3. The molecule has 0 aliphatic carbocycles. The van der Waals surface area contributed by atoms with E-state index in [-0.39, 0.29) is 17.8 Å². The van der Waals surface area contributed by atoms with E-state index in [1.165, 1.54) is 11.8 Å². The Bertz CT molecular complexity index is 1220. The van der Waals surface area contributed by atoms with Gasteiger partial charge in [-0.1, -0.05) is 30.0 Å². The minimum absolute atomic E-state index is 0.125. The molecule has 0 saturated heterocycles. The summed E-state index contributed by atoms with van der Waals surface area (Å²) in [5.41, 5.74) is 1.88. The van der Waals surface area contributed by atoms with E-state index in [4.69, 9.17) is 9.15 Å². The Morgan fingerprint density at radius 2 is 1.79 bits per heavy atom. The van der Waals surface area contributed by atoms with Crippen molar-refractivity contribution in [3.8, 4) is 17.3 Å². The highest BCUT2D eigenvalue weighted by Crippen LogP contribution is 2.28. The lowest BCUT2D eigenvalue weighted by Crippen LogP contribution is -2.15. The summed E-state index contributed by atoms with van der Waals surface area (Å²) in [5.74, 6) is 0.655. The third-order valence-corrected chi connectivity index (χ3v) is 5.40. The van der Waals surface area contributed by atoms with Gasteiger partial charge in [-0.2, -0.15) is 0 Å². The molecule has 4 rings (SSSR count). The monoisotopic (exact) mass is 462 g/mol. The minimum atomic E-state index is -0.397. The maximum absolute atomic E-state index is 12.5. The Labute approximate surface area is 195 Å². The first-order valence-electron chi connectivity index (χ1n) is 10.3. The zero-order valence-corrected chi connectivity index (χ0v) is 18.9. The zero-order chi connectivity index (χ0) is 23.2. The first kappa shape index (κ1) is 22.3. The van der Waals surface area contributed by atoms with Crippen molar-refractivity contribution < 1.29 is 18.7 Å². The smallest absolute Gasteiger partial charge is 0.338 e. The van der Waals surface area contributed by atoms with Crippen molar-refractivity contribution in [3.05, 3.63) is 78.6 Å². The van der Waals surface area contributed by atoms with Gasteiger partial charge in [-0.25, -0.2) is 4.79 Å². The number of aromatic nitrogens is 3. The Morgan fingerprint density at radius 3 is 2.45 bits per heavy atom. The molecular formula is C24H22N4O4S. The molecule has 0 atom stereocenters. The molecule has 0 saturated carbocycles. The summed E-state index contributed by atoms with van der Waals surface area (Å²) < 4.78 is 12.5. The van der Waals surface area contributed by atoms with Gasteiger partial charge < -0.3 is 14.5 Å². The topological polar surface area (TPSA) is 99.2 Å². The maximum atomic E-state index is 12.5. The molecule has 2 aromatic heterocycles. The average molecular weight is 463 g/mol. The van der Waals surface area contributed by atoms with Crippen molar-refractivity contribution in [2.45, 2.75) is 25.1 Å². The number of thioether (sulfide) groups is 1. The fourth-order valence-corrected chi connectivity index (χ4v) is 3.79. The number of ether oxygens (including phenoxy) is 1. The minimum Gasteiger partial charge on any atom is -0.461 e. The number of nitrogens with one attached hydrogen (secondary N) is 1. The molecule has 0 bridgehead atoms. The van der Waals surface area contributed by atoms with Crippen LogP contribution in [0.15, 0.2) is 82.6 Å². The van der Waals surface area contributed by atoms with E-state index in [0.717, 1.165) is 5.69 Å². The van der Waals surface area contributed by atoms with E-state index in [9.17, 15) is 9.59 Å². The molecule has 2 heterocycles. The van der Waals surface area contributed by atoms with Crippen LogP contribution < -0.4 is 5.32 Å². The molecular weight excluding hydrogens is 440 g/mol. The summed E-state index contributed by atoms with van der Waals surface area (Å²) in [5, 5.41) is 11.9. The largest absolute Gasteiger partial charge is 0.461 e. The van der Waals surface area contributed by atoms with Crippen LogP contribution in [0, 0.1) is 0 Å². The van der Waals surface area contributed by atoms with Crippen LogP contribution in [-0.2, 0) is 9.53 Å². The second-order valence-corrected chi connectivity index (χ2v) is 8.27. The van der Waals surface area contributed by atoms with E-state index in [1.807, 2.05) is 41.0 Å². The predicted octanol–water partition coefficient (Wildman–Crippen LogP) is 4.82. The van der Waals surface area contributed by atoms with E-state index >= 15 is 0 Å². The van der Waals surface area contributed by atoms with Gasteiger partial charge in [-0.05, 0) is 62.4 Å². The third-order valence-electron chi connectivity index (χ3n) is 4.47. The summed E-state index contributed by atoms with van der Waals surface area (Å²) in [6, 6.07) is 19.8. The van der Waals surface area contributed by atoms with Gasteiger partial charge in [0.15, 0.2) is 10.9 Å². The number of benzene rings is 2. The van der Waals surface area contributed by atoms with Gasteiger partial charge in [0.2, 0.25) is 11.7 Å². The lowest BCUT2D eigenvalue weighted by Gasteiger charge is -2.10. The number of anilines is 1. The van der Waals surface area contributed by atoms with Gasteiger partial charge in [0.05, 0.1) is 23.7 Å². The molecule has 33 heavy (non-hydrogen) atoms. The lowest BCUT2D eigenvalue weighted by atomic mass is 10.2. The van der Waals surface area contributed by atoms with E-state index in [0.29, 0.717) is 28.0 Å². The molecule has 0 fully saturated rings. The molecule has 4 aromatic rings. The molecule has 0 unspecified atom stereocenters. The molecule has 0 aliphatic heterocycles. The maximum Gasteiger partial charge on any atom is 0.338 e. The van der Waals surface area contributed by atoms with Crippen molar-refractivity contribution in [3.63, 3.8) is 0 Å². The number of para-hydroxylation sites is 1. The standard InChI is InChI=1S/C24H22N4O4S/c1-16(2)32-23(30)17-10-12-18(13-11-17)25-21(29)15-33-24-27-26-22(20-9-6-14-31-20)28(24)19-7-4-3-5-8-19/h3-14,16H,15H2,1-2H3,(H,25,29). The number of hydrogen-bond donors (Lipinski definition) is 1. The van der Waals surface area contributed by atoms with Gasteiger partial charge >= 0.3 is 5.97 Å². The summed E-state index contributed by atoms with van der Waals surface area (Å²) >= 11 is 1.26. The predicted molar refractivity (Wildman–Crippen MR) is 125 cm³/mol. The number of amides is 1. The Morgan fingerprint density at radius 1 is 1.03 bits per heavy atom. The summed E-state index contributed by atoms with van der Waals surface area (Å²) in [6.07, 6.45) is 1.38. The number of furan rings is 1. The van der Waals surface area contributed by atoms with Crippen molar-refractivity contribution in [2.75, 3.05) is 11.1 Å². The van der Waals surface area contributed by atoms with Crippen LogP contribution >= 0.6 is 11.8 Å². The SMILES string of the molecule is CC(C)OC(=O)c1ccc(NC(=O)CSc2nnc(-c3ccco3)n2-c2ccccc2)cc1. The third kappa shape index (κ3) is 5.50. The number of esters is 1. The number of carbonyl (C=O) groups is 2. The van der Waals surface area contributed by atoms with Crippen LogP contribution in [0.5, 0.6) is 0 Å². The van der Waals surface area contributed by atoms with Gasteiger partial charge in [0, 0.05) is 11.4 Å². The van der Waals surface area contributed by atoms with Crippen LogP contribution in [0.1, 0.15) is 24.2 Å². The highest BCUT2D eigenvalue weighted by molar-refractivity contribution is 7.99. The Balaban J connectivity index is 1.44. The zero-order valence-electron chi connectivity index (χ0n) is 18.1. The molecule has 8 nitrogen and oxygen atoms in total. The summed E-state index contributed by atoms with van der Waals surface area (Å²) in [6.45, 7) is 3.58. The quantitative estimate of drug-likeness (QED) is 0.296. The number of rotatable bonds is 8. The molecule has 1 N–H and O–H groups in total. The number of carbonyl (C=O) groups excluding carboxylic acids is 2. The molecule has 0 spiro atoms. The van der Waals surface area contributed by atoms with Crippen LogP contribution in [0.3, 0.4) is 0 Å². The first-order valence-corrected chi connectivity index (χ1v) is 11.3. The van der Waals surface area contributed by atoms with Crippen LogP contribution in [-0.4, -0.2) is 38.5 Å². The van der Waals surface area contributed by atoms with Gasteiger partial charge in [0.25, 0.3) is 0 Å². The molecule has 0 radical (unpaired) electrons. The van der Waals surface area contributed by atoms with Gasteiger partial charge in [-0.3, -0.25) is 9.36 Å². The van der Waals surface area contributed by atoms with Crippen LogP contribution in [0.2, 0.25) is 0 Å². The van der Waals surface area contributed by atoms with E-state index < -0.39 is 5.97 Å². The molecule has 1 amide bonds. The summed E-state index contributed by atoms with van der Waals surface area (Å²) in [4.78, 5) is 24.5. The van der Waals surface area contributed by atoms with Crippen molar-refractivity contribution in [2.24, 2.45) is 0 Å². The Hall–Kier alpha value is -3.85. The van der Waals surface area contributed by atoms with Crippen LogP contribution in [0.25, 0.3) is 17.3 Å². The number of hydrogen-bond acceptors (Lipinski definition) is 7. The van der Waals surface area contributed by atoms with Crippen molar-refractivity contribution >= 4 is 29.3 Å². The summed E-state index contributed by atoms with van der Waals surface area (Å²) in [7, 11) is 0. The first-order chi connectivity index (χ1) is 16.0. The highest BCUT2D eigenvalue weighted by atomic mass is 32.2. The normalized spacial score (nSPS) is 10.9. The van der Waals surface area contributed by atoms with Crippen molar-refractivity contribution in [1.82, 2.24) is 14.8 Å². The second kappa shape index (κ2) is 10.2. The second-order valence-electron chi connectivity index (χ2n) is 7.32. The molecule has 2 aromatic carbocycles. The van der Waals surface area contributed by atoms with Crippen molar-refractivity contribution in [1.29, 1.82) is 0 Å². The highest BCUT2D eigenvalue weighted by Gasteiger charge is 2.19. The fraction of sp³-hybridized carbons (Fsp3) is 0.167. The van der Waals surface area contributed by atoms with Gasteiger partial charge in [0.1, 0.15) is 0 Å². The van der Waals surface area contributed by atoms with Gasteiger partial charge in [-0.15, -0.1) is 10.2 Å². The molecule has 168 valence electrons. The molecule has 9 heteroatoms. The van der Waals surface area contributed by atoms with Crippen LogP contribution in [0.4, 0.5) is 5.69 Å². The average Bonchev–Trinajstić information content (AvgIpc) is 3.48. The van der Waals surface area contributed by atoms with E-state index in [1.54, 1.807) is 50.4 Å². The molecule has 0 aliphatic rings. The Kier molecular flexibility index (Phi) is 6.89. The fourth-order valence-electron chi connectivity index (χ4n) is 3.04.